The van der Waals surface area contributed by atoms with Gasteiger partial charge >= 0.3 is 0 Å². The zero-order valence-corrected chi connectivity index (χ0v) is 12.3. The van der Waals surface area contributed by atoms with Crippen LogP contribution in [0.1, 0.15) is 34.8 Å². The summed E-state index contributed by atoms with van der Waals surface area (Å²) in [5.74, 6) is 1.51. The third-order valence-electron chi connectivity index (χ3n) is 3.18. The summed E-state index contributed by atoms with van der Waals surface area (Å²) in [7, 11) is 3.94. The average molecular weight is 272 g/mol. The molecule has 20 heavy (non-hydrogen) atoms. The van der Waals surface area contributed by atoms with E-state index < -0.39 is 0 Å². The Bertz CT molecular complexity index is 585. The molecule has 0 aliphatic heterocycles. The van der Waals surface area contributed by atoms with E-state index in [1.54, 1.807) is 0 Å². The number of aryl methyl sites for hydroxylation is 1. The van der Waals surface area contributed by atoms with Gasteiger partial charge in [0.1, 0.15) is 11.5 Å². The van der Waals surface area contributed by atoms with E-state index in [1.165, 1.54) is 0 Å². The fraction of sp³-hybridized carbons (Fsp3) is 0.312. The molecule has 0 bridgehead atoms. The van der Waals surface area contributed by atoms with Crippen molar-refractivity contribution in [3.8, 4) is 0 Å². The molecule has 2 rings (SSSR count). The van der Waals surface area contributed by atoms with Crippen molar-refractivity contribution in [1.29, 1.82) is 0 Å². The van der Waals surface area contributed by atoms with Gasteiger partial charge in [0.25, 0.3) is 5.91 Å². The lowest BCUT2D eigenvalue weighted by Crippen LogP contribution is -2.26. The monoisotopic (exact) mass is 272 g/mol. The van der Waals surface area contributed by atoms with Crippen molar-refractivity contribution in [2.24, 2.45) is 0 Å². The number of carbonyl (C=O) groups excluding carboxylic acids is 1. The van der Waals surface area contributed by atoms with Crippen molar-refractivity contribution in [3.05, 3.63) is 53.5 Å². The van der Waals surface area contributed by atoms with Crippen LogP contribution in [0.5, 0.6) is 0 Å². The minimum Gasteiger partial charge on any atom is -0.464 e. The molecule has 0 saturated carbocycles. The molecule has 0 spiro atoms. The second kappa shape index (κ2) is 5.82. The average Bonchev–Trinajstić information content (AvgIpc) is 2.85. The number of rotatable bonds is 4. The van der Waals surface area contributed by atoms with Crippen LogP contribution in [0, 0.1) is 6.92 Å². The fourth-order valence-electron chi connectivity index (χ4n) is 1.95. The Hall–Kier alpha value is -2.23. The van der Waals surface area contributed by atoms with Gasteiger partial charge in [0.05, 0.1) is 6.04 Å². The van der Waals surface area contributed by atoms with Crippen LogP contribution in [-0.4, -0.2) is 20.0 Å². The van der Waals surface area contributed by atoms with Crippen LogP contribution in [0.2, 0.25) is 0 Å². The maximum atomic E-state index is 12.1. The highest BCUT2D eigenvalue weighted by Gasteiger charge is 2.14. The molecule has 0 unspecified atom stereocenters. The van der Waals surface area contributed by atoms with Crippen molar-refractivity contribution < 1.29 is 9.21 Å². The topological polar surface area (TPSA) is 45.5 Å². The molecule has 1 heterocycles. The molecule has 4 heteroatoms. The first-order chi connectivity index (χ1) is 9.47. The molecule has 1 amide bonds. The van der Waals surface area contributed by atoms with Crippen LogP contribution in [-0.2, 0) is 0 Å². The second-order valence-electron chi connectivity index (χ2n) is 5.08. The summed E-state index contributed by atoms with van der Waals surface area (Å²) in [6, 6.07) is 11.1. The number of hydrogen-bond acceptors (Lipinski definition) is 3. The smallest absolute Gasteiger partial charge is 0.251 e. The third kappa shape index (κ3) is 3.20. The molecule has 1 aromatic carbocycles. The lowest BCUT2D eigenvalue weighted by molar-refractivity contribution is 0.0935. The van der Waals surface area contributed by atoms with Crippen LogP contribution >= 0.6 is 0 Å². The third-order valence-corrected chi connectivity index (χ3v) is 3.18. The van der Waals surface area contributed by atoms with Gasteiger partial charge in [-0.25, -0.2) is 0 Å². The summed E-state index contributed by atoms with van der Waals surface area (Å²) < 4.78 is 5.51. The second-order valence-corrected chi connectivity index (χ2v) is 5.08. The van der Waals surface area contributed by atoms with Crippen LogP contribution in [0.3, 0.4) is 0 Å². The molecule has 0 aliphatic carbocycles. The van der Waals surface area contributed by atoms with Gasteiger partial charge in [-0.15, -0.1) is 0 Å². The summed E-state index contributed by atoms with van der Waals surface area (Å²) in [4.78, 5) is 14.1. The van der Waals surface area contributed by atoms with Gasteiger partial charge in [-0.05, 0) is 50.2 Å². The lowest BCUT2D eigenvalue weighted by Gasteiger charge is -2.14. The number of furan rings is 1. The largest absolute Gasteiger partial charge is 0.464 e. The Morgan fingerprint density at radius 3 is 2.30 bits per heavy atom. The highest BCUT2D eigenvalue weighted by atomic mass is 16.3. The van der Waals surface area contributed by atoms with E-state index in [4.69, 9.17) is 4.42 Å². The summed E-state index contributed by atoms with van der Waals surface area (Å²) >= 11 is 0. The Kier molecular flexibility index (Phi) is 4.13. The molecule has 1 N–H and O–H groups in total. The molecule has 0 saturated heterocycles. The van der Waals surface area contributed by atoms with Gasteiger partial charge in [0, 0.05) is 25.3 Å². The standard InChI is InChI=1S/C16H20N2O2/c1-11-5-10-15(20-11)12(2)17-16(19)13-6-8-14(9-7-13)18(3)4/h5-10,12H,1-4H3,(H,17,19)/t12-/m1/s1. The van der Waals surface area contributed by atoms with E-state index in [9.17, 15) is 4.79 Å². The molecular weight excluding hydrogens is 252 g/mol. The SMILES string of the molecule is Cc1ccc([C@@H](C)NC(=O)c2ccc(N(C)C)cc2)o1. The van der Waals surface area contributed by atoms with Crippen LogP contribution < -0.4 is 10.2 Å². The first-order valence-electron chi connectivity index (χ1n) is 6.62. The van der Waals surface area contributed by atoms with Crippen molar-refractivity contribution in [2.45, 2.75) is 19.9 Å². The Balaban J connectivity index is 2.04. The summed E-state index contributed by atoms with van der Waals surface area (Å²) in [6.07, 6.45) is 0. The Morgan fingerprint density at radius 2 is 1.80 bits per heavy atom. The van der Waals surface area contributed by atoms with E-state index in [2.05, 4.69) is 5.32 Å². The molecular formula is C16H20N2O2. The number of anilines is 1. The molecule has 1 aromatic heterocycles. The van der Waals surface area contributed by atoms with Gasteiger partial charge in [0.15, 0.2) is 0 Å². The molecule has 1 atom stereocenters. The van der Waals surface area contributed by atoms with E-state index in [1.807, 2.05) is 69.2 Å². The molecule has 4 nitrogen and oxygen atoms in total. The summed E-state index contributed by atoms with van der Waals surface area (Å²) in [6.45, 7) is 3.79. The van der Waals surface area contributed by atoms with E-state index in [0.29, 0.717) is 5.56 Å². The number of nitrogens with zero attached hydrogens (tertiary/aromatic N) is 1. The van der Waals surface area contributed by atoms with Gasteiger partial charge in [-0.3, -0.25) is 4.79 Å². The Morgan fingerprint density at radius 1 is 1.15 bits per heavy atom. The van der Waals surface area contributed by atoms with E-state index in [-0.39, 0.29) is 11.9 Å². The minimum absolute atomic E-state index is 0.100. The quantitative estimate of drug-likeness (QED) is 0.930. The highest BCUT2D eigenvalue weighted by Crippen LogP contribution is 2.17. The number of benzene rings is 1. The minimum atomic E-state index is -0.148. The fourth-order valence-corrected chi connectivity index (χ4v) is 1.95. The van der Waals surface area contributed by atoms with Crippen molar-refractivity contribution in [1.82, 2.24) is 5.32 Å². The number of hydrogen-bond donors (Lipinski definition) is 1. The maximum absolute atomic E-state index is 12.1. The summed E-state index contributed by atoms with van der Waals surface area (Å²) in [5, 5.41) is 2.93. The van der Waals surface area contributed by atoms with Crippen LogP contribution in [0.4, 0.5) is 5.69 Å². The number of amides is 1. The van der Waals surface area contributed by atoms with Gasteiger partial charge < -0.3 is 14.6 Å². The van der Waals surface area contributed by atoms with Gasteiger partial charge in [0.2, 0.25) is 0 Å². The molecule has 0 radical (unpaired) electrons. The molecule has 0 aliphatic rings. The lowest BCUT2D eigenvalue weighted by atomic mass is 10.1. The zero-order chi connectivity index (χ0) is 14.7. The normalized spacial score (nSPS) is 12.0. The zero-order valence-electron chi connectivity index (χ0n) is 12.3. The van der Waals surface area contributed by atoms with Crippen LogP contribution in [0.25, 0.3) is 0 Å². The van der Waals surface area contributed by atoms with Crippen molar-refractivity contribution in [2.75, 3.05) is 19.0 Å². The molecule has 2 aromatic rings. The number of nitrogens with one attached hydrogen (secondary N) is 1. The first-order valence-corrected chi connectivity index (χ1v) is 6.62. The summed E-state index contributed by atoms with van der Waals surface area (Å²) in [5.41, 5.74) is 1.71. The predicted molar refractivity (Wildman–Crippen MR) is 80.1 cm³/mol. The molecule has 0 fully saturated rings. The van der Waals surface area contributed by atoms with E-state index >= 15 is 0 Å². The maximum Gasteiger partial charge on any atom is 0.251 e. The van der Waals surface area contributed by atoms with Crippen molar-refractivity contribution >= 4 is 11.6 Å². The number of carbonyl (C=O) groups is 1. The van der Waals surface area contributed by atoms with Gasteiger partial charge in [-0.2, -0.15) is 0 Å². The Labute approximate surface area is 119 Å². The highest BCUT2D eigenvalue weighted by molar-refractivity contribution is 5.94. The van der Waals surface area contributed by atoms with Crippen molar-refractivity contribution in [3.63, 3.8) is 0 Å². The van der Waals surface area contributed by atoms with Crippen LogP contribution in [0.15, 0.2) is 40.8 Å². The van der Waals surface area contributed by atoms with Gasteiger partial charge in [-0.1, -0.05) is 0 Å². The van der Waals surface area contributed by atoms with E-state index in [0.717, 1.165) is 17.2 Å². The predicted octanol–water partition coefficient (Wildman–Crippen LogP) is 3.15. The first kappa shape index (κ1) is 14.2. The molecule has 106 valence electrons.